The minimum atomic E-state index is -0.244. The van der Waals surface area contributed by atoms with E-state index in [2.05, 4.69) is 10.6 Å². The molecule has 0 aromatic heterocycles. The molecule has 0 saturated carbocycles. The molecule has 25 heavy (non-hydrogen) atoms. The SMILES string of the molecule is COc1ccc(OCCNC(=O)NCCOc2ccccc2C)cc1. The van der Waals surface area contributed by atoms with Gasteiger partial charge in [-0.25, -0.2) is 4.79 Å². The van der Waals surface area contributed by atoms with Gasteiger partial charge in [0.05, 0.1) is 20.2 Å². The predicted octanol–water partition coefficient (Wildman–Crippen LogP) is 2.76. The van der Waals surface area contributed by atoms with Crippen molar-refractivity contribution in [2.45, 2.75) is 6.92 Å². The number of carbonyl (C=O) groups is 1. The molecule has 0 aliphatic rings. The number of aryl methyl sites for hydroxylation is 1. The Balaban J connectivity index is 1.54. The smallest absolute Gasteiger partial charge is 0.315 e. The number of rotatable bonds is 9. The summed E-state index contributed by atoms with van der Waals surface area (Å²) in [5.41, 5.74) is 1.07. The van der Waals surface area contributed by atoms with E-state index in [0.717, 1.165) is 22.8 Å². The zero-order chi connectivity index (χ0) is 17.9. The maximum Gasteiger partial charge on any atom is 0.315 e. The summed E-state index contributed by atoms with van der Waals surface area (Å²) >= 11 is 0. The number of hydrogen-bond acceptors (Lipinski definition) is 4. The van der Waals surface area contributed by atoms with E-state index in [1.165, 1.54) is 0 Å². The molecule has 0 heterocycles. The van der Waals surface area contributed by atoms with Crippen LogP contribution in [0.5, 0.6) is 17.2 Å². The molecule has 0 saturated heterocycles. The third kappa shape index (κ3) is 6.63. The number of nitrogens with one attached hydrogen (secondary N) is 2. The van der Waals surface area contributed by atoms with E-state index in [1.54, 1.807) is 7.11 Å². The van der Waals surface area contributed by atoms with Gasteiger partial charge in [0.2, 0.25) is 0 Å². The topological polar surface area (TPSA) is 68.8 Å². The molecule has 0 aliphatic carbocycles. The minimum Gasteiger partial charge on any atom is -0.497 e. The molecule has 6 nitrogen and oxygen atoms in total. The van der Waals surface area contributed by atoms with Crippen molar-refractivity contribution in [3.63, 3.8) is 0 Å². The Morgan fingerprint density at radius 1 is 0.880 bits per heavy atom. The maximum absolute atomic E-state index is 11.7. The molecule has 6 heteroatoms. The van der Waals surface area contributed by atoms with Crippen molar-refractivity contribution in [2.75, 3.05) is 33.4 Å². The van der Waals surface area contributed by atoms with E-state index >= 15 is 0 Å². The molecule has 2 N–H and O–H groups in total. The van der Waals surface area contributed by atoms with Gasteiger partial charge in [-0.3, -0.25) is 0 Å². The highest BCUT2D eigenvalue weighted by atomic mass is 16.5. The molecule has 0 unspecified atom stereocenters. The van der Waals surface area contributed by atoms with E-state index in [9.17, 15) is 4.79 Å². The fourth-order valence-electron chi connectivity index (χ4n) is 2.11. The third-order valence-corrected chi connectivity index (χ3v) is 3.45. The Hall–Kier alpha value is -2.89. The molecule has 134 valence electrons. The molecule has 0 fully saturated rings. The van der Waals surface area contributed by atoms with Gasteiger partial charge in [0.25, 0.3) is 0 Å². The van der Waals surface area contributed by atoms with Crippen LogP contribution in [-0.4, -0.2) is 39.4 Å². The first-order valence-electron chi connectivity index (χ1n) is 8.16. The number of ether oxygens (including phenoxy) is 3. The Kier molecular flexibility index (Phi) is 7.43. The van der Waals surface area contributed by atoms with Crippen molar-refractivity contribution in [1.29, 1.82) is 0 Å². The summed E-state index contributed by atoms with van der Waals surface area (Å²) < 4.78 is 16.2. The third-order valence-electron chi connectivity index (χ3n) is 3.45. The average molecular weight is 344 g/mol. The lowest BCUT2D eigenvalue weighted by Gasteiger charge is -2.11. The summed E-state index contributed by atoms with van der Waals surface area (Å²) in [6, 6.07) is 14.8. The van der Waals surface area contributed by atoms with Crippen molar-refractivity contribution in [3.05, 3.63) is 54.1 Å². The van der Waals surface area contributed by atoms with E-state index in [0.29, 0.717) is 26.3 Å². The summed E-state index contributed by atoms with van der Waals surface area (Å²) in [7, 11) is 1.62. The van der Waals surface area contributed by atoms with Crippen LogP contribution in [-0.2, 0) is 0 Å². The van der Waals surface area contributed by atoms with Crippen LogP contribution in [0.1, 0.15) is 5.56 Å². The number of methoxy groups -OCH3 is 1. The number of carbonyl (C=O) groups excluding carboxylic acids is 1. The van der Waals surface area contributed by atoms with Crippen LogP contribution in [0.4, 0.5) is 4.79 Å². The lowest BCUT2D eigenvalue weighted by atomic mass is 10.2. The Morgan fingerprint density at radius 3 is 2.12 bits per heavy atom. The lowest BCUT2D eigenvalue weighted by molar-refractivity contribution is 0.232. The highest BCUT2D eigenvalue weighted by molar-refractivity contribution is 5.73. The van der Waals surface area contributed by atoms with Crippen LogP contribution >= 0.6 is 0 Å². The van der Waals surface area contributed by atoms with Gasteiger partial charge in [0, 0.05) is 0 Å². The predicted molar refractivity (Wildman–Crippen MR) is 96.6 cm³/mol. The highest BCUT2D eigenvalue weighted by Gasteiger charge is 2.01. The molecular formula is C19H24N2O4. The molecule has 0 atom stereocenters. The van der Waals surface area contributed by atoms with Gasteiger partial charge in [-0.05, 0) is 42.8 Å². The van der Waals surface area contributed by atoms with Gasteiger partial charge in [0.1, 0.15) is 30.5 Å². The van der Waals surface area contributed by atoms with E-state index in [-0.39, 0.29) is 6.03 Å². The van der Waals surface area contributed by atoms with Gasteiger partial charge in [0.15, 0.2) is 0 Å². The molecule has 0 radical (unpaired) electrons. The second-order valence-electron chi connectivity index (χ2n) is 5.32. The fraction of sp³-hybridized carbons (Fsp3) is 0.316. The highest BCUT2D eigenvalue weighted by Crippen LogP contribution is 2.17. The van der Waals surface area contributed by atoms with Gasteiger partial charge in [-0.15, -0.1) is 0 Å². The second-order valence-corrected chi connectivity index (χ2v) is 5.32. The van der Waals surface area contributed by atoms with E-state index < -0.39 is 0 Å². The monoisotopic (exact) mass is 344 g/mol. The Bertz CT molecular complexity index is 659. The Labute approximate surface area is 148 Å². The zero-order valence-electron chi connectivity index (χ0n) is 14.6. The number of hydrogen-bond donors (Lipinski definition) is 2. The first-order chi connectivity index (χ1) is 12.2. The fourth-order valence-corrected chi connectivity index (χ4v) is 2.11. The van der Waals surface area contributed by atoms with Gasteiger partial charge in [-0.1, -0.05) is 18.2 Å². The van der Waals surface area contributed by atoms with Crippen LogP contribution in [0.3, 0.4) is 0 Å². The largest absolute Gasteiger partial charge is 0.497 e. The van der Waals surface area contributed by atoms with E-state index in [4.69, 9.17) is 14.2 Å². The van der Waals surface area contributed by atoms with Gasteiger partial charge >= 0.3 is 6.03 Å². The first kappa shape index (κ1) is 18.4. The zero-order valence-corrected chi connectivity index (χ0v) is 14.6. The van der Waals surface area contributed by atoms with Crippen LogP contribution in [0.2, 0.25) is 0 Å². The van der Waals surface area contributed by atoms with Crippen molar-refractivity contribution in [3.8, 4) is 17.2 Å². The number of urea groups is 1. The molecule has 2 aromatic carbocycles. The molecule has 2 amide bonds. The summed E-state index contributed by atoms with van der Waals surface area (Å²) in [6.07, 6.45) is 0. The molecule has 0 bridgehead atoms. The van der Waals surface area contributed by atoms with Crippen LogP contribution in [0.25, 0.3) is 0 Å². The summed E-state index contributed by atoms with van der Waals surface area (Å²) in [5, 5.41) is 5.47. The van der Waals surface area contributed by atoms with Crippen molar-refractivity contribution in [2.24, 2.45) is 0 Å². The standard InChI is InChI=1S/C19H24N2O4/c1-15-5-3-4-6-18(15)25-14-12-21-19(22)20-11-13-24-17-9-7-16(23-2)8-10-17/h3-10H,11-14H2,1-2H3,(H2,20,21,22). The quantitative estimate of drug-likeness (QED) is 0.687. The minimum absolute atomic E-state index is 0.244. The molecule has 2 aromatic rings. The summed E-state index contributed by atoms with van der Waals surface area (Å²) in [4.78, 5) is 11.7. The van der Waals surface area contributed by atoms with Crippen LogP contribution in [0, 0.1) is 6.92 Å². The summed E-state index contributed by atoms with van der Waals surface area (Å²) in [6.45, 7) is 3.63. The van der Waals surface area contributed by atoms with E-state index in [1.807, 2.05) is 55.5 Å². The second kappa shape index (κ2) is 10.1. The number of para-hydroxylation sites is 1. The van der Waals surface area contributed by atoms with Gasteiger partial charge < -0.3 is 24.8 Å². The molecule has 0 spiro atoms. The molecule has 2 rings (SSSR count). The number of amides is 2. The van der Waals surface area contributed by atoms with Crippen molar-refractivity contribution in [1.82, 2.24) is 10.6 Å². The lowest BCUT2D eigenvalue weighted by Crippen LogP contribution is -2.39. The van der Waals surface area contributed by atoms with Crippen molar-refractivity contribution < 1.29 is 19.0 Å². The maximum atomic E-state index is 11.7. The summed E-state index contributed by atoms with van der Waals surface area (Å²) in [5.74, 6) is 2.34. The van der Waals surface area contributed by atoms with Crippen LogP contribution < -0.4 is 24.8 Å². The molecular weight excluding hydrogens is 320 g/mol. The van der Waals surface area contributed by atoms with Crippen LogP contribution in [0.15, 0.2) is 48.5 Å². The van der Waals surface area contributed by atoms with Gasteiger partial charge in [-0.2, -0.15) is 0 Å². The Morgan fingerprint density at radius 2 is 1.48 bits per heavy atom. The van der Waals surface area contributed by atoms with Crippen molar-refractivity contribution >= 4 is 6.03 Å². The number of benzene rings is 2. The molecule has 0 aliphatic heterocycles. The average Bonchev–Trinajstić information content (AvgIpc) is 2.64. The normalized spacial score (nSPS) is 10.0. The first-order valence-corrected chi connectivity index (χ1v) is 8.16.